The highest BCUT2D eigenvalue weighted by atomic mass is 28.4. The first-order chi connectivity index (χ1) is 12.2. The number of allylic oxidation sites excluding steroid dienone is 1. The predicted octanol–water partition coefficient (Wildman–Crippen LogP) is 8.66. The third kappa shape index (κ3) is 14.7. The van der Waals surface area contributed by atoms with E-state index in [1.807, 2.05) is 13.2 Å². The fourth-order valence-corrected chi connectivity index (χ4v) is 8.18. The molecule has 0 aliphatic rings. The number of unbranched alkanes of at least 4 members (excludes halogenated alkanes) is 12. The summed E-state index contributed by atoms with van der Waals surface area (Å²) in [7, 11) is 0.605. The minimum atomic E-state index is -1.38. The third-order valence-corrected chi connectivity index (χ3v) is 10.6. The highest BCUT2D eigenvalue weighted by Crippen LogP contribution is 2.28. The summed E-state index contributed by atoms with van der Waals surface area (Å²) in [6.07, 6.45) is 23.0. The van der Waals surface area contributed by atoms with Gasteiger partial charge in [0.15, 0.2) is 8.32 Å². The first-order valence-electron chi connectivity index (χ1n) is 11.4. The zero-order valence-electron chi connectivity index (χ0n) is 17.9. The van der Waals surface area contributed by atoms with Gasteiger partial charge in [0.25, 0.3) is 0 Å². The molecule has 2 heteroatoms. The molecule has 0 radical (unpaired) electrons. The summed E-state index contributed by atoms with van der Waals surface area (Å²) in [5, 5.41) is 0. The van der Waals surface area contributed by atoms with Gasteiger partial charge in [-0.05, 0) is 31.0 Å². The topological polar surface area (TPSA) is 9.23 Å². The molecule has 0 aromatic heterocycles. The van der Waals surface area contributed by atoms with Crippen LogP contribution in [0.25, 0.3) is 0 Å². The molecule has 0 N–H and O–H groups in total. The Morgan fingerprint density at radius 3 is 1.40 bits per heavy atom. The van der Waals surface area contributed by atoms with Gasteiger partial charge in [0, 0.05) is 7.11 Å². The van der Waals surface area contributed by atoms with Crippen LogP contribution in [0, 0.1) is 0 Å². The van der Waals surface area contributed by atoms with E-state index in [2.05, 4.69) is 20.4 Å². The van der Waals surface area contributed by atoms with Gasteiger partial charge in [-0.3, -0.25) is 0 Å². The molecule has 150 valence electrons. The molecule has 0 aromatic rings. The number of rotatable bonds is 20. The van der Waals surface area contributed by atoms with Gasteiger partial charge in [-0.1, -0.05) is 103 Å². The normalized spacial score (nSPS) is 11.8. The Morgan fingerprint density at radius 1 is 0.640 bits per heavy atom. The number of hydrogen-bond acceptors (Lipinski definition) is 1. The molecule has 0 aliphatic heterocycles. The minimum Gasteiger partial charge on any atom is -0.420 e. The van der Waals surface area contributed by atoms with Gasteiger partial charge in [-0.2, -0.15) is 0 Å². The zero-order valence-corrected chi connectivity index (χ0v) is 18.9. The van der Waals surface area contributed by atoms with E-state index >= 15 is 0 Å². The molecule has 0 atom stereocenters. The van der Waals surface area contributed by atoms with Gasteiger partial charge in [0.2, 0.25) is 0 Å². The Bertz CT molecular complexity index is 271. The highest BCUT2D eigenvalue weighted by Gasteiger charge is 2.30. The van der Waals surface area contributed by atoms with Crippen molar-refractivity contribution in [3.05, 3.63) is 12.7 Å². The Kier molecular flexibility index (Phi) is 18.6. The van der Waals surface area contributed by atoms with Crippen molar-refractivity contribution in [2.75, 3.05) is 7.11 Å². The van der Waals surface area contributed by atoms with Crippen LogP contribution in [0.15, 0.2) is 12.7 Å². The first kappa shape index (κ1) is 24.9. The molecule has 0 saturated carbocycles. The monoisotopic (exact) mass is 368 g/mol. The Balaban J connectivity index is 3.43. The average Bonchev–Trinajstić information content (AvgIpc) is 2.62. The van der Waals surface area contributed by atoms with Crippen molar-refractivity contribution in [2.45, 2.75) is 128 Å². The maximum Gasteiger partial charge on any atom is 0.192 e. The van der Waals surface area contributed by atoms with E-state index in [9.17, 15) is 0 Å². The molecular weight excluding hydrogens is 320 g/mol. The molecule has 0 saturated heterocycles. The van der Waals surface area contributed by atoms with Crippen LogP contribution < -0.4 is 0 Å². The van der Waals surface area contributed by atoms with Gasteiger partial charge in [-0.15, -0.1) is 6.58 Å². The van der Waals surface area contributed by atoms with Crippen molar-refractivity contribution >= 4 is 8.32 Å². The van der Waals surface area contributed by atoms with E-state index in [1.165, 1.54) is 114 Å². The molecule has 0 amide bonds. The number of hydrogen-bond donors (Lipinski definition) is 0. The van der Waals surface area contributed by atoms with Gasteiger partial charge in [0.05, 0.1) is 0 Å². The molecule has 1 nitrogen and oxygen atoms in total. The minimum absolute atomic E-state index is 1.20. The highest BCUT2D eigenvalue weighted by molar-refractivity contribution is 6.73. The van der Waals surface area contributed by atoms with Crippen molar-refractivity contribution in [1.82, 2.24) is 0 Å². The molecule has 0 unspecified atom stereocenters. The zero-order chi connectivity index (χ0) is 18.6. The van der Waals surface area contributed by atoms with Crippen LogP contribution in [0.5, 0.6) is 0 Å². The van der Waals surface area contributed by atoms with Crippen molar-refractivity contribution in [3.8, 4) is 0 Å². The summed E-state index contributed by atoms with van der Waals surface area (Å²) >= 11 is 0. The van der Waals surface area contributed by atoms with Gasteiger partial charge < -0.3 is 4.43 Å². The lowest BCUT2D eigenvalue weighted by atomic mass is 10.0. The van der Waals surface area contributed by atoms with E-state index in [4.69, 9.17) is 4.43 Å². The molecule has 0 aliphatic carbocycles. The van der Waals surface area contributed by atoms with Crippen LogP contribution >= 0.6 is 0 Å². The molecule has 0 aromatic carbocycles. The predicted molar refractivity (Wildman–Crippen MR) is 118 cm³/mol. The Hall–Kier alpha value is -0.0831. The van der Waals surface area contributed by atoms with Crippen molar-refractivity contribution < 1.29 is 4.43 Å². The molecule has 0 bridgehead atoms. The molecule has 0 rings (SSSR count). The smallest absolute Gasteiger partial charge is 0.192 e. The fraction of sp³-hybridized carbons (Fsp3) is 0.913. The van der Waals surface area contributed by atoms with E-state index < -0.39 is 8.32 Å². The lowest BCUT2D eigenvalue weighted by Crippen LogP contribution is -2.36. The quantitative estimate of drug-likeness (QED) is 0.119. The molecule has 0 spiro atoms. The Morgan fingerprint density at radius 2 is 1.04 bits per heavy atom. The summed E-state index contributed by atoms with van der Waals surface area (Å²) < 4.78 is 6.07. The summed E-state index contributed by atoms with van der Waals surface area (Å²) in [6, 6.07) is 4.13. The summed E-state index contributed by atoms with van der Waals surface area (Å²) in [4.78, 5) is 0. The van der Waals surface area contributed by atoms with Crippen LogP contribution in [0.2, 0.25) is 18.1 Å². The van der Waals surface area contributed by atoms with Crippen molar-refractivity contribution in [2.24, 2.45) is 0 Å². The lowest BCUT2D eigenvalue weighted by molar-refractivity contribution is 0.384. The van der Waals surface area contributed by atoms with Crippen LogP contribution in [-0.2, 0) is 4.43 Å². The second kappa shape index (κ2) is 18.7. The second-order valence-corrected chi connectivity index (χ2v) is 12.2. The van der Waals surface area contributed by atoms with Crippen LogP contribution in [-0.4, -0.2) is 15.4 Å². The van der Waals surface area contributed by atoms with Crippen molar-refractivity contribution in [3.63, 3.8) is 0 Å². The summed E-state index contributed by atoms with van der Waals surface area (Å²) in [5.41, 5.74) is 0. The standard InChI is InChI=1S/C23H48OSi/c1-5-8-9-10-11-12-13-14-15-16-17-18-19-20-23-25(24-4,21-6-2)22-7-3/h5H,1,6-23H2,2-4H3. The first-order valence-corrected chi connectivity index (χ1v) is 13.9. The van der Waals surface area contributed by atoms with Crippen LogP contribution in [0.1, 0.15) is 110 Å². The molecule has 0 fully saturated rings. The maximum absolute atomic E-state index is 6.07. The summed E-state index contributed by atoms with van der Waals surface area (Å²) in [5.74, 6) is 0. The Labute approximate surface area is 161 Å². The van der Waals surface area contributed by atoms with Crippen LogP contribution in [0.3, 0.4) is 0 Å². The average molecular weight is 369 g/mol. The molecule has 25 heavy (non-hydrogen) atoms. The molecule has 0 heterocycles. The van der Waals surface area contributed by atoms with E-state index in [1.54, 1.807) is 0 Å². The second-order valence-electron chi connectivity index (χ2n) is 7.96. The summed E-state index contributed by atoms with van der Waals surface area (Å²) in [6.45, 7) is 8.42. The van der Waals surface area contributed by atoms with Crippen LogP contribution in [0.4, 0.5) is 0 Å². The lowest BCUT2D eigenvalue weighted by Gasteiger charge is -2.29. The largest absolute Gasteiger partial charge is 0.420 e. The van der Waals surface area contributed by atoms with E-state index in [0.29, 0.717) is 0 Å². The fourth-order valence-electron chi connectivity index (χ4n) is 4.10. The van der Waals surface area contributed by atoms with E-state index in [0.717, 1.165) is 0 Å². The third-order valence-electron chi connectivity index (χ3n) is 5.63. The van der Waals surface area contributed by atoms with Crippen molar-refractivity contribution in [1.29, 1.82) is 0 Å². The van der Waals surface area contributed by atoms with Gasteiger partial charge >= 0.3 is 0 Å². The van der Waals surface area contributed by atoms with E-state index in [-0.39, 0.29) is 0 Å². The van der Waals surface area contributed by atoms with Gasteiger partial charge in [0.1, 0.15) is 0 Å². The SMILES string of the molecule is C=CCCCCCCCCCCCCCC[Si](CCC)(CCC)OC. The van der Waals surface area contributed by atoms with Gasteiger partial charge in [-0.25, -0.2) is 0 Å². The molecular formula is C23H48OSi. The maximum atomic E-state index is 6.07.